The number of aliphatic hydroxyl groups is 2. The molecule has 3 aliphatic rings. The highest BCUT2D eigenvalue weighted by Crippen LogP contribution is 2.63. The largest absolute Gasteiger partial charge is 0.396 e. The van der Waals surface area contributed by atoms with Crippen LogP contribution in [0.2, 0.25) is 0 Å². The van der Waals surface area contributed by atoms with E-state index in [1.54, 1.807) is 0 Å². The molecule has 0 amide bonds. The number of fused-ring (bicyclic) bond motifs is 1. The van der Waals surface area contributed by atoms with Crippen LogP contribution in [0.3, 0.4) is 0 Å². The van der Waals surface area contributed by atoms with Crippen LogP contribution in [0.15, 0.2) is 12.2 Å². The quantitative estimate of drug-likeness (QED) is 0.752. The van der Waals surface area contributed by atoms with Crippen LogP contribution < -0.4 is 0 Å². The first-order valence-electron chi connectivity index (χ1n) is 9.30. The molecule has 0 aromatic rings. The zero-order valence-electron chi connectivity index (χ0n) is 14.6. The minimum Gasteiger partial charge on any atom is -0.396 e. The Balaban J connectivity index is 1.85. The first-order valence-corrected chi connectivity index (χ1v) is 9.30. The Hall–Kier alpha value is -0.340. The lowest BCUT2D eigenvalue weighted by atomic mass is 9.50. The summed E-state index contributed by atoms with van der Waals surface area (Å²) in [6.07, 6.45) is 7.58. The van der Waals surface area contributed by atoms with E-state index in [1.807, 2.05) is 0 Å². The van der Waals surface area contributed by atoms with Crippen molar-refractivity contribution in [2.24, 2.45) is 34.5 Å². The fourth-order valence-electron chi connectivity index (χ4n) is 6.50. The smallest absolute Gasteiger partial charge is 0.0544 e. The summed E-state index contributed by atoms with van der Waals surface area (Å²) >= 11 is 0. The van der Waals surface area contributed by atoms with Gasteiger partial charge in [0.1, 0.15) is 0 Å². The monoisotopic (exact) mass is 306 g/mol. The summed E-state index contributed by atoms with van der Waals surface area (Å²) in [6.45, 7) is 11.9. The zero-order valence-corrected chi connectivity index (χ0v) is 14.6. The second-order valence-electron chi connectivity index (χ2n) is 8.98. The van der Waals surface area contributed by atoms with Gasteiger partial charge in [0.25, 0.3) is 0 Å². The van der Waals surface area contributed by atoms with Crippen LogP contribution in [0.25, 0.3) is 0 Å². The van der Waals surface area contributed by atoms with E-state index in [0.29, 0.717) is 17.3 Å². The fraction of sp³-hybridized carbons (Fsp3) is 0.900. The topological polar surface area (TPSA) is 40.5 Å². The molecule has 0 radical (unpaired) electrons. The molecule has 0 bridgehead atoms. The Morgan fingerprint density at radius 1 is 1.14 bits per heavy atom. The Labute approximate surface area is 136 Å². The highest BCUT2D eigenvalue weighted by atomic mass is 16.3. The van der Waals surface area contributed by atoms with Crippen molar-refractivity contribution >= 4 is 0 Å². The first kappa shape index (κ1) is 16.5. The predicted octanol–water partition coefficient (Wildman–Crippen LogP) is 4.16. The lowest BCUT2D eigenvalue weighted by molar-refractivity contribution is -0.0896. The highest BCUT2D eigenvalue weighted by molar-refractivity contribution is 5.20. The van der Waals surface area contributed by atoms with Crippen LogP contribution in [0.1, 0.15) is 65.7 Å². The molecular formula is C20H34O2. The van der Waals surface area contributed by atoms with Crippen LogP contribution in [0, 0.1) is 34.5 Å². The molecule has 0 aromatic heterocycles. The van der Waals surface area contributed by atoms with E-state index in [9.17, 15) is 10.2 Å². The molecule has 126 valence electrons. The second kappa shape index (κ2) is 5.63. The first-order chi connectivity index (χ1) is 10.3. The number of hydrogen-bond acceptors (Lipinski definition) is 2. The van der Waals surface area contributed by atoms with E-state index in [0.717, 1.165) is 25.2 Å². The summed E-state index contributed by atoms with van der Waals surface area (Å²) in [6, 6.07) is 0. The Morgan fingerprint density at radius 2 is 1.86 bits per heavy atom. The van der Waals surface area contributed by atoms with Gasteiger partial charge in [-0.3, -0.25) is 0 Å². The maximum atomic E-state index is 10.0. The molecule has 2 nitrogen and oxygen atoms in total. The molecule has 2 heteroatoms. The zero-order chi connectivity index (χ0) is 16.1. The van der Waals surface area contributed by atoms with Gasteiger partial charge in [0.2, 0.25) is 0 Å². The van der Waals surface area contributed by atoms with Gasteiger partial charge in [-0.2, -0.15) is 0 Å². The molecule has 2 unspecified atom stereocenters. The molecule has 3 aliphatic carbocycles. The normalized spacial score (nSPS) is 52.6. The summed E-state index contributed by atoms with van der Waals surface area (Å²) in [5.41, 5.74) is 2.03. The van der Waals surface area contributed by atoms with E-state index in [4.69, 9.17) is 0 Å². The van der Waals surface area contributed by atoms with Crippen molar-refractivity contribution in [2.75, 3.05) is 6.61 Å². The van der Waals surface area contributed by atoms with Crippen molar-refractivity contribution in [3.05, 3.63) is 12.2 Å². The van der Waals surface area contributed by atoms with E-state index in [-0.39, 0.29) is 24.0 Å². The molecule has 2 N–H and O–H groups in total. The summed E-state index contributed by atoms with van der Waals surface area (Å²) in [4.78, 5) is 0. The number of hydrogen-bond donors (Lipinski definition) is 2. The molecule has 0 heterocycles. The van der Waals surface area contributed by atoms with Gasteiger partial charge in [-0.15, -0.1) is 0 Å². The Bertz CT molecular complexity index is 445. The van der Waals surface area contributed by atoms with Crippen molar-refractivity contribution in [2.45, 2.75) is 71.8 Å². The van der Waals surface area contributed by atoms with Gasteiger partial charge >= 0.3 is 0 Å². The molecule has 7 atom stereocenters. The average Bonchev–Trinajstić information content (AvgIpc) is 2.78. The number of rotatable bonds is 2. The Kier molecular flexibility index (Phi) is 4.23. The lowest BCUT2D eigenvalue weighted by Gasteiger charge is -2.56. The van der Waals surface area contributed by atoms with Gasteiger partial charge in [-0.25, -0.2) is 0 Å². The molecule has 3 rings (SSSR count). The maximum absolute atomic E-state index is 10.0. The third kappa shape index (κ3) is 2.29. The van der Waals surface area contributed by atoms with Crippen LogP contribution in [-0.4, -0.2) is 22.9 Å². The molecule has 0 saturated heterocycles. The van der Waals surface area contributed by atoms with Gasteiger partial charge in [-0.05, 0) is 79.4 Å². The fourth-order valence-corrected chi connectivity index (χ4v) is 6.50. The van der Waals surface area contributed by atoms with Crippen LogP contribution in [-0.2, 0) is 0 Å². The van der Waals surface area contributed by atoms with Crippen LogP contribution in [0.5, 0.6) is 0 Å². The van der Waals surface area contributed by atoms with Gasteiger partial charge in [-0.1, -0.05) is 32.9 Å². The van der Waals surface area contributed by atoms with Gasteiger partial charge < -0.3 is 10.2 Å². The molecule has 0 spiro atoms. The third-order valence-corrected chi connectivity index (χ3v) is 8.20. The molecule has 0 aromatic carbocycles. The van der Waals surface area contributed by atoms with Crippen molar-refractivity contribution in [1.82, 2.24) is 0 Å². The summed E-state index contributed by atoms with van der Waals surface area (Å²) < 4.78 is 0. The molecule has 3 saturated carbocycles. The molecular weight excluding hydrogens is 272 g/mol. The summed E-state index contributed by atoms with van der Waals surface area (Å²) in [5, 5.41) is 19.9. The van der Waals surface area contributed by atoms with Gasteiger partial charge in [0.15, 0.2) is 0 Å². The van der Waals surface area contributed by atoms with E-state index < -0.39 is 0 Å². The number of aliphatic hydroxyl groups excluding tert-OH is 2. The van der Waals surface area contributed by atoms with Crippen molar-refractivity contribution in [3.63, 3.8) is 0 Å². The minimum absolute atomic E-state index is 0.193. The average molecular weight is 306 g/mol. The van der Waals surface area contributed by atoms with Gasteiger partial charge in [0, 0.05) is 6.61 Å². The molecule has 0 aliphatic heterocycles. The summed E-state index contributed by atoms with van der Waals surface area (Å²) in [5.74, 6) is 2.41. The van der Waals surface area contributed by atoms with Gasteiger partial charge in [0.05, 0.1) is 6.10 Å². The van der Waals surface area contributed by atoms with E-state index in [1.165, 1.54) is 31.3 Å². The number of allylic oxidation sites excluding steroid dienone is 1. The van der Waals surface area contributed by atoms with E-state index >= 15 is 0 Å². The standard InChI is InChI=1S/C20H34O2/c1-13-5-6-17-14(2)18(8-10-19(13,17)3)20(4)9-7-16(22)11-15(20)12-21/h14-18,21-22H,1,5-12H2,2-4H3/t14-,15+,16-,17?,18?,19+,20-/m0/s1. The SMILES string of the molecule is C=C1CCC2[C@H](C)C([C@@]3(C)CC[C@H](O)C[C@@H]3CO)CC[C@]12C. The third-order valence-electron chi connectivity index (χ3n) is 8.20. The lowest BCUT2D eigenvalue weighted by Crippen LogP contribution is -2.50. The van der Waals surface area contributed by atoms with Crippen molar-refractivity contribution in [3.8, 4) is 0 Å². The van der Waals surface area contributed by atoms with Crippen LogP contribution in [0.4, 0.5) is 0 Å². The summed E-state index contributed by atoms with van der Waals surface area (Å²) in [7, 11) is 0. The van der Waals surface area contributed by atoms with Crippen molar-refractivity contribution in [1.29, 1.82) is 0 Å². The maximum Gasteiger partial charge on any atom is 0.0544 e. The second-order valence-corrected chi connectivity index (χ2v) is 8.98. The van der Waals surface area contributed by atoms with Crippen LogP contribution >= 0.6 is 0 Å². The highest BCUT2D eigenvalue weighted by Gasteiger charge is 2.55. The van der Waals surface area contributed by atoms with Crippen molar-refractivity contribution < 1.29 is 10.2 Å². The van der Waals surface area contributed by atoms with E-state index in [2.05, 4.69) is 27.4 Å². The molecule has 3 fully saturated rings. The predicted molar refractivity (Wildman–Crippen MR) is 90.4 cm³/mol. The minimum atomic E-state index is -0.208. The molecule has 22 heavy (non-hydrogen) atoms. The Morgan fingerprint density at radius 3 is 2.55 bits per heavy atom.